The summed E-state index contributed by atoms with van der Waals surface area (Å²) in [4.78, 5) is 23.8. The van der Waals surface area contributed by atoms with E-state index in [2.05, 4.69) is 10.6 Å². The van der Waals surface area contributed by atoms with Crippen LogP contribution in [0.25, 0.3) is 0 Å². The highest BCUT2D eigenvalue weighted by Gasteiger charge is 2.21. The summed E-state index contributed by atoms with van der Waals surface area (Å²) in [6, 6.07) is 4.62. The molecule has 2 N–H and O–H groups in total. The van der Waals surface area contributed by atoms with Crippen molar-refractivity contribution in [2.45, 2.75) is 45.9 Å². The van der Waals surface area contributed by atoms with Crippen molar-refractivity contribution in [3.05, 3.63) is 23.8 Å². The Bertz CT molecular complexity index is 581. The molecule has 0 aliphatic carbocycles. The first kappa shape index (κ1) is 19.6. The van der Waals surface area contributed by atoms with Crippen molar-refractivity contribution in [3.63, 3.8) is 0 Å². The Kier molecular flexibility index (Phi) is 6.88. The topological polar surface area (TPSA) is 85.9 Å². The van der Waals surface area contributed by atoms with Gasteiger partial charge in [0.25, 0.3) is 0 Å². The number of hydrogen-bond donors (Lipinski definition) is 2. The van der Waals surface area contributed by atoms with Crippen molar-refractivity contribution < 1.29 is 23.8 Å². The highest BCUT2D eigenvalue weighted by molar-refractivity contribution is 5.85. The molecule has 1 aromatic rings. The van der Waals surface area contributed by atoms with Gasteiger partial charge in [-0.05, 0) is 39.8 Å². The maximum absolute atomic E-state index is 12.1. The van der Waals surface area contributed by atoms with Gasteiger partial charge in [0.2, 0.25) is 5.91 Å². The van der Waals surface area contributed by atoms with Crippen molar-refractivity contribution in [3.8, 4) is 11.5 Å². The monoisotopic (exact) mass is 338 g/mol. The molecule has 1 rings (SSSR count). The number of methoxy groups -OCH3 is 2. The van der Waals surface area contributed by atoms with Crippen LogP contribution in [0.1, 0.15) is 33.3 Å². The number of benzene rings is 1. The van der Waals surface area contributed by atoms with E-state index >= 15 is 0 Å². The summed E-state index contributed by atoms with van der Waals surface area (Å²) in [5.41, 5.74) is 0.188. The fourth-order valence-corrected chi connectivity index (χ4v) is 1.88. The van der Waals surface area contributed by atoms with Gasteiger partial charge >= 0.3 is 6.09 Å². The van der Waals surface area contributed by atoms with Gasteiger partial charge in [-0.3, -0.25) is 4.79 Å². The molecule has 0 aliphatic rings. The summed E-state index contributed by atoms with van der Waals surface area (Å²) in [6.07, 6.45) is -0.632. The number of hydrogen-bond acceptors (Lipinski definition) is 5. The predicted octanol–water partition coefficient (Wildman–Crippen LogP) is 2.23. The van der Waals surface area contributed by atoms with E-state index < -0.39 is 17.7 Å². The molecule has 24 heavy (non-hydrogen) atoms. The Hall–Kier alpha value is -2.44. The van der Waals surface area contributed by atoms with Gasteiger partial charge in [-0.15, -0.1) is 0 Å². The van der Waals surface area contributed by atoms with Crippen molar-refractivity contribution >= 4 is 12.0 Å². The lowest BCUT2D eigenvalue weighted by atomic mass is 10.2. The van der Waals surface area contributed by atoms with E-state index in [9.17, 15) is 9.59 Å². The Morgan fingerprint density at radius 1 is 1.17 bits per heavy atom. The molecule has 1 aromatic carbocycles. The minimum Gasteiger partial charge on any atom is -0.497 e. The van der Waals surface area contributed by atoms with E-state index in [1.54, 1.807) is 54.0 Å². The first-order valence-corrected chi connectivity index (χ1v) is 7.64. The maximum Gasteiger partial charge on any atom is 0.408 e. The van der Waals surface area contributed by atoms with Crippen LogP contribution in [0.4, 0.5) is 4.79 Å². The molecule has 0 unspecified atom stereocenters. The number of alkyl carbamates (subject to hydrolysis) is 1. The molecule has 0 aromatic heterocycles. The number of carbonyl (C=O) groups is 2. The lowest BCUT2D eigenvalue weighted by molar-refractivity contribution is -0.122. The van der Waals surface area contributed by atoms with E-state index in [1.807, 2.05) is 6.07 Å². The zero-order valence-electron chi connectivity index (χ0n) is 15.1. The van der Waals surface area contributed by atoms with Crippen LogP contribution in [-0.4, -0.2) is 37.9 Å². The molecule has 0 saturated heterocycles. The minimum absolute atomic E-state index is 0.270. The Morgan fingerprint density at radius 3 is 2.38 bits per heavy atom. The summed E-state index contributed by atoms with van der Waals surface area (Å²) in [5.74, 6) is 0.961. The summed E-state index contributed by atoms with van der Waals surface area (Å²) < 4.78 is 15.5. The zero-order chi connectivity index (χ0) is 18.3. The number of nitrogens with one attached hydrogen (secondary N) is 2. The zero-order valence-corrected chi connectivity index (χ0v) is 15.1. The second kappa shape index (κ2) is 8.42. The largest absolute Gasteiger partial charge is 0.497 e. The normalized spacial score (nSPS) is 12.1. The Balaban J connectivity index is 2.58. The quantitative estimate of drug-likeness (QED) is 0.831. The first-order valence-electron chi connectivity index (χ1n) is 7.64. The summed E-state index contributed by atoms with van der Waals surface area (Å²) in [7, 11) is 3.12. The molecule has 0 radical (unpaired) electrons. The van der Waals surface area contributed by atoms with Crippen LogP contribution in [0, 0.1) is 0 Å². The molecule has 0 aliphatic heterocycles. The van der Waals surface area contributed by atoms with Gasteiger partial charge < -0.3 is 24.8 Å². The molecule has 0 bridgehead atoms. The van der Waals surface area contributed by atoms with E-state index in [-0.39, 0.29) is 12.5 Å². The van der Waals surface area contributed by atoms with Gasteiger partial charge in [0.1, 0.15) is 23.1 Å². The van der Waals surface area contributed by atoms with E-state index in [4.69, 9.17) is 14.2 Å². The SMILES string of the molecule is COc1ccc(CNC(=O)[C@H](C)NC(=O)OC(C)(C)C)c(OC)c1. The number of rotatable bonds is 6. The van der Waals surface area contributed by atoms with Crippen molar-refractivity contribution in [1.29, 1.82) is 0 Å². The Labute approximate surface area is 142 Å². The molecule has 7 heteroatoms. The molecule has 0 spiro atoms. The first-order chi connectivity index (χ1) is 11.2. The van der Waals surface area contributed by atoms with Crippen molar-refractivity contribution in [2.24, 2.45) is 0 Å². The number of amides is 2. The lowest BCUT2D eigenvalue weighted by Crippen LogP contribution is -2.46. The van der Waals surface area contributed by atoms with Crippen LogP contribution in [0.3, 0.4) is 0 Å². The van der Waals surface area contributed by atoms with Gasteiger partial charge in [-0.2, -0.15) is 0 Å². The van der Waals surface area contributed by atoms with Gasteiger partial charge in [0, 0.05) is 18.2 Å². The molecular weight excluding hydrogens is 312 g/mol. The molecule has 0 heterocycles. The van der Waals surface area contributed by atoms with Crippen LogP contribution < -0.4 is 20.1 Å². The van der Waals surface area contributed by atoms with Crippen LogP contribution in [0.15, 0.2) is 18.2 Å². The van der Waals surface area contributed by atoms with E-state index in [0.717, 1.165) is 5.56 Å². The van der Waals surface area contributed by atoms with Gasteiger partial charge in [0.15, 0.2) is 0 Å². The summed E-state index contributed by atoms with van der Waals surface area (Å²) in [6.45, 7) is 7.13. The van der Waals surface area contributed by atoms with E-state index in [1.165, 1.54) is 0 Å². The third-order valence-electron chi connectivity index (χ3n) is 3.07. The summed E-state index contributed by atoms with van der Waals surface area (Å²) in [5, 5.41) is 5.24. The molecule has 2 amide bonds. The molecular formula is C17H26N2O5. The third-order valence-corrected chi connectivity index (χ3v) is 3.07. The average Bonchev–Trinajstić information content (AvgIpc) is 2.50. The minimum atomic E-state index is -0.718. The second-order valence-electron chi connectivity index (χ2n) is 6.26. The molecule has 0 saturated carbocycles. The molecule has 0 fully saturated rings. The van der Waals surface area contributed by atoms with Crippen LogP contribution in [0.2, 0.25) is 0 Å². The van der Waals surface area contributed by atoms with Crippen LogP contribution >= 0.6 is 0 Å². The fourth-order valence-electron chi connectivity index (χ4n) is 1.88. The smallest absolute Gasteiger partial charge is 0.408 e. The molecule has 1 atom stereocenters. The third kappa shape index (κ3) is 6.36. The standard InChI is InChI=1S/C17H26N2O5/c1-11(19-16(21)24-17(2,3)4)15(20)18-10-12-7-8-13(22-5)9-14(12)23-6/h7-9,11H,10H2,1-6H3,(H,18,20)(H,19,21)/t11-/m0/s1. The fraction of sp³-hybridized carbons (Fsp3) is 0.529. The molecule has 7 nitrogen and oxygen atoms in total. The van der Waals surface area contributed by atoms with Gasteiger partial charge in [-0.25, -0.2) is 4.79 Å². The molecule has 134 valence electrons. The Morgan fingerprint density at radius 2 is 1.83 bits per heavy atom. The highest BCUT2D eigenvalue weighted by Crippen LogP contribution is 2.24. The van der Waals surface area contributed by atoms with E-state index in [0.29, 0.717) is 11.5 Å². The lowest BCUT2D eigenvalue weighted by Gasteiger charge is -2.21. The summed E-state index contributed by atoms with van der Waals surface area (Å²) >= 11 is 0. The second-order valence-corrected chi connectivity index (χ2v) is 6.26. The highest BCUT2D eigenvalue weighted by atomic mass is 16.6. The predicted molar refractivity (Wildman–Crippen MR) is 90.2 cm³/mol. The van der Waals surface area contributed by atoms with Crippen molar-refractivity contribution in [2.75, 3.05) is 14.2 Å². The van der Waals surface area contributed by atoms with Crippen LogP contribution in [0.5, 0.6) is 11.5 Å². The maximum atomic E-state index is 12.1. The number of ether oxygens (including phenoxy) is 3. The van der Waals surface area contributed by atoms with Gasteiger partial charge in [0.05, 0.1) is 14.2 Å². The average molecular weight is 338 g/mol. The number of carbonyl (C=O) groups excluding carboxylic acids is 2. The van der Waals surface area contributed by atoms with Crippen molar-refractivity contribution in [1.82, 2.24) is 10.6 Å². The van der Waals surface area contributed by atoms with Gasteiger partial charge in [-0.1, -0.05) is 0 Å². The van der Waals surface area contributed by atoms with Crippen LogP contribution in [-0.2, 0) is 16.1 Å².